The monoisotopic (exact) mass is 588 g/mol. The first-order valence-electron chi connectivity index (χ1n) is 13.7. The zero-order valence-corrected chi connectivity index (χ0v) is 24.1. The lowest BCUT2D eigenvalue weighted by atomic mass is 9.99. The Morgan fingerprint density at radius 3 is 2.23 bits per heavy atom. The topological polar surface area (TPSA) is 105 Å². The van der Waals surface area contributed by atoms with E-state index in [1.165, 1.54) is 18.4 Å². The number of sulfone groups is 1. The molecular formula is C35H28N2O5S. The summed E-state index contributed by atoms with van der Waals surface area (Å²) >= 11 is 0. The molecule has 0 aliphatic carbocycles. The quantitative estimate of drug-likeness (QED) is 0.210. The van der Waals surface area contributed by atoms with E-state index in [0.717, 1.165) is 38.4 Å². The number of benzene rings is 5. The molecule has 0 unspecified atom stereocenters. The molecule has 0 saturated carbocycles. The summed E-state index contributed by atoms with van der Waals surface area (Å²) in [5, 5.41) is 15.3. The summed E-state index contributed by atoms with van der Waals surface area (Å²) in [4.78, 5) is 25.2. The van der Waals surface area contributed by atoms with Gasteiger partial charge in [-0.05, 0) is 81.6 Å². The average Bonchev–Trinajstić information content (AvgIpc) is 3.41. The minimum absolute atomic E-state index is 0.173. The van der Waals surface area contributed by atoms with Crippen LogP contribution in [-0.2, 0) is 22.9 Å². The molecule has 0 atom stereocenters. The van der Waals surface area contributed by atoms with Crippen LogP contribution in [0.1, 0.15) is 31.8 Å². The van der Waals surface area contributed by atoms with Gasteiger partial charge in [-0.3, -0.25) is 4.79 Å². The van der Waals surface area contributed by atoms with Crippen molar-refractivity contribution in [1.29, 1.82) is 0 Å². The number of carbonyl (C=O) groups is 2. The molecule has 6 rings (SSSR count). The summed E-state index contributed by atoms with van der Waals surface area (Å²) in [5.41, 5.74) is 4.64. The van der Waals surface area contributed by atoms with E-state index in [-0.39, 0.29) is 22.9 Å². The van der Waals surface area contributed by atoms with Crippen molar-refractivity contribution in [3.63, 3.8) is 0 Å². The van der Waals surface area contributed by atoms with Gasteiger partial charge in [0.1, 0.15) is 0 Å². The predicted molar refractivity (Wildman–Crippen MR) is 168 cm³/mol. The fourth-order valence-corrected chi connectivity index (χ4v) is 5.97. The molecule has 6 aromatic rings. The molecule has 0 saturated heterocycles. The Bertz CT molecular complexity index is 2130. The van der Waals surface area contributed by atoms with Crippen LogP contribution in [0.4, 0.5) is 0 Å². The van der Waals surface area contributed by atoms with Gasteiger partial charge in [0.2, 0.25) is 0 Å². The molecule has 43 heavy (non-hydrogen) atoms. The maximum Gasteiger partial charge on any atom is 0.335 e. The van der Waals surface area contributed by atoms with Crippen LogP contribution in [0.25, 0.3) is 32.8 Å². The van der Waals surface area contributed by atoms with Crippen LogP contribution in [0.3, 0.4) is 0 Å². The maximum absolute atomic E-state index is 13.8. The average molecular weight is 589 g/mol. The number of nitrogens with zero attached hydrogens (tertiary/aromatic N) is 1. The van der Waals surface area contributed by atoms with E-state index in [0.29, 0.717) is 17.7 Å². The Morgan fingerprint density at radius 1 is 0.744 bits per heavy atom. The summed E-state index contributed by atoms with van der Waals surface area (Å²) in [6.45, 7) is 0.758. The Hall–Kier alpha value is -5.21. The van der Waals surface area contributed by atoms with Gasteiger partial charge in [0.25, 0.3) is 5.91 Å². The molecule has 0 fully saturated rings. The molecular weight excluding hydrogens is 560 g/mol. The Kier molecular flexibility index (Phi) is 7.29. The molecule has 0 spiro atoms. The van der Waals surface area contributed by atoms with Crippen LogP contribution < -0.4 is 5.32 Å². The number of rotatable bonds is 8. The molecule has 0 aliphatic rings. The predicted octanol–water partition coefficient (Wildman–Crippen LogP) is 6.54. The van der Waals surface area contributed by atoms with Crippen LogP contribution in [0.15, 0.2) is 120 Å². The van der Waals surface area contributed by atoms with Crippen molar-refractivity contribution in [2.45, 2.75) is 18.0 Å². The molecule has 1 heterocycles. The van der Waals surface area contributed by atoms with Crippen molar-refractivity contribution in [2.75, 3.05) is 6.26 Å². The largest absolute Gasteiger partial charge is 0.478 e. The van der Waals surface area contributed by atoms with Crippen molar-refractivity contribution in [3.05, 3.63) is 138 Å². The summed E-state index contributed by atoms with van der Waals surface area (Å²) in [6.07, 6.45) is 3.13. The summed E-state index contributed by atoms with van der Waals surface area (Å²) in [7, 11) is -3.42. The van der Waals surface area contributed by atoms with Gasteiger partial charge in [0, 0.05) is 30.9 Å². The molecule has 2 N–H and O–H groups in total. The molecule has 5 aromatic carbocycles. The third-order valence-electron chi connectivity index (χ3n) is 7.52. The summed E-state index contributed by atoms with van der Waals surface area (Å²) < 4.78 is 26.5. The lowest BCUT2D eigenvalue weighted by molar-refractivity contribution is 0.0696. The molecule has 1 amide bonds. The second-order valence-corrected chi connectivity index (χ2v) is 12.6. The Morgan fingerprint density at radius 2 is 1.49 bits per heavy atom. The number of nitrogens with one attached hydrogen (secondary N) is 1. The van der Waals surface area contributed by atoms with E-state index in [9.17, 15) is 23.1 Å². The normalized spacial score (nSPS) is 11.6. The Labute approximate surface area is 249 Å². The van der Waals surface area contributed by atoms with Gasteiger partial charge < -0.3 is 15.0 Å². The molecule has 7 nitrogen and oxygen atoms in total. The van der Waals surface area contributed by atoms with E-state index < -0.39 is 15.8 Å². The highest BCUT2D eigenvalue weighted by atomic mass is 32.2. The summed E-state index contributed by atoms with van der Waals surface area (Å²) in [5.74, 6) is -1.31. The van der Waals surface area contributed by atoms with E-state index in [2.05, 4.69) is 35.6 Å². The standard InChI is InChI=1S/C35H28N2O5S/c1-43(41,42)31-8-4-7-28(19-31)30-18-29-15-16-37(22-24-11-12-25-5-2-3-6-27(25)17-24)33(29)32(20-30)34(38)36-21-23-9-13-26(14-10-23)35(39)40/h2-20H,21-22H2,1H3,(H,36,38)(H,39,40). The maximum atomic E-state index is 13.8. The van der Waals surface area contributed by atoms with E-state index in [1.54, 1.807) is 36.4 Å². The highest BCUT2D eigenvalue weighted by molar-refractivity contribution is 7.90. The van der Waals surface area contributed by atoms with Gasteiger partial charge in [-0.25, -0.2) is 13.2 Å². The van der Waals surface area contributed by atoms with Gasteiger partial charge >= 0.3 is 5.97 Å². The van der Waals surface area contributed by atoms with Gasteiger partial charge in [-0.2, -0.15) is 0 Å². The van der Waals surface area contributed by atoms with E-state index >= 15 is 0 Å². The van der Waals surface area contributed by atoms with Crippen molar-refractivity contribution in [1.82, 2.24) is 9.88 Å². The lowest BCUT2D eigenvalue weighted by Gasteiger charge is -2.14. The SMILES string of the molecule is CS(=O)(=O)c1cccc(-c2cc(C(=O)NCc3ccc(C(=O)O)cc3)c3c(ccn3Cc3ccc4ccccc4c3)c2)c1. The number of fused-ring (bicyclic) bond motifs is 2. The zero-order chi connectivity index (χ0) is 30.1. The second kappa shape index (κ2) is 11.2. The van der Waals surface area contributed by atoms with Crippen molar-refractivity contribution >= 4 is 43.4 Å². The third-order valence-corrected chi connectivity index (χ3v) is 8.63. The zero-order valence-electron chi connectivity index (χ0n) is 23.3. The van der Waals surface area contributed by atoms with Gasteiger partial charge in [-0.1, -0.05) is 60.7 Å². The minimum atomic E-state index is -3.42. The van der Waals surface area contributed by atoms with Crippen LogP contribution in [0, 0.1) is 0 Å². The third kappa shape index (κ3) is 5.91. The lowest BCUT2D eigenvalue weighted by Crippen LogP contribution is -2.23. The second-order valence-electron chi connectivity index (χ2n) is 10.6. The van der Waals surface area contributed by atoms with Crippen LogP contribution in [0.2, 0.25) is 0 Å². The summed E-state index contributed by atoms with van der Waals surface area (Å²) in [6, 6.07) is 33.3. The molecule has 0 bridgehead atoms. The molecule has 0 radical (unpaired) electrons. The van der Waals surface area contributed by atoms with E-state index in [1.807, 2.05) is 41.1 Å². The van der Waals surface area contributed by atoms with Gasteiger partial charge in [-0.15, -0.1) is 0 Å². The van der Waals surface area contributed by atoms with Gasteiger partial charge in [0.15, 0.2) is 9.84 Å². The fraction of sp³-hybridized carbons (Fsp3) is 0.0857. The number of aromatic nitrogens is 1. The molecule has 8 heteroatoms. The molecule has 0 aliphatic heterocycles. The fourth-order valence-electron chi connectivity index (χ4n) is 5.30. The molecule has 214 valence electrons. The highest BCUT2D eigenvalue weighted by Crippen LogP contribution is 2.31. The van der Waals surface area contributed by atoms with Crippen LogP contribution >= 0.6 is 0 Å². The number of carboxylic acids is 1. The first kappa shape index (κ1) is 27.9. The number of aromatic carboxylic acids is 1. The smallest absolute Gasteiger partial charge is 0.335 e. The van der Waals surface area contributed by atoms with E-state index in [4.69, 9.17) is 0 Å². The molecule has 1 aromatic heterocycles. The first-order valence-corrected chi connectivity index (χ1v) is 15.6. The number of carboxylic acid groups (broad SMARTS) is 1. The Balaban J connectivity index is 1.40. The van der Waals surface area contributed by atoms with Crippen LogP contribution in [-0.4, -0.2) is 36.2 Å². The number of carbonyl (C=O) groups excluding carboxylic acids is 1. The van der Waals surface area contributed by atoms with Crippen LogP contribution in [0.5, 0.6) is 0 Å². The number of hydrogen-bond donors (Lipinski definition) is 2. The number of hydrogen-bond acceptors (Lipinski definition) is 4. The highest BCUT2D eigenvalue weighted by Gasteiger charge is 2.18. The van der Waals surface area contributed by atoms with Crippen molar-refractivity contribution in [3.8, 4) is 11.1 Å². The van der Waals surface area contributed by atoms with Gasteiger partial charge in [0.05, 0.1) is 21.5 Å². The first-order chi connectivity index (χ1) is 20.7. The minimum Gasteiger partial charge on any atom is -0.478 e. The van der Waals surface area contributed by atoms with Crippen molar-refractivity contribution < 1.29 is 23.1 Å². The number of amides is 1. The van der Waals surface area contributed by atoms with Crippen molar-refractivity contribution in [2.24, 2.45) is 0 Å².